The summed E-state index contributed by atoms with van der Waals surface area (Å²) in [6.07, 6.45) is 17.8. The quantitative estimate of drug-likeness (QED) is 0.102. The maximum absolute atomic E-state index is 10.9. The first-order valence-corrected chi connectivity index (χ1v) is 19.2. The SMILES string of the molecule is C=C(CC(/C=C/C[C@H](O)[C@H](/C=C/[C@@H]1CC(C)=CCO1)OC)O[Si](C)(C)C(C)(C)C)C[C@H](C)C[C@@H]1CC=C[C@@H](CC#CC(=O)O)O1. The van der Waals surface area contributed by atoms with Crippen LogP contribution < -0.4 is 0 Å². The van der Waals surface area contributed by atoms with Crippen LogP contribution in [0.4, 0.5) is 0 Å². The monoisotopic (exact) mass is 642 g/mol. The Morgan fingerprint density at radius 1 is 1.27 bits per heavy atom. The Labute approximate surface area is 273 Å². The molecule has 0 aromatic rings. The smallest absolute Gasteiger partial charge is 0.381 e. The Morgan fingerprint density at radius 3 is 2.64 bits per heavy atom. The summed E-state index contributed by atoms with van der Waals surface area (Å²) in [5.41, 5.74) is 2.44. The highest BCUT2D eigenvalue weighted by Crippen LogP contribution is 2.38. The first-order valence-electron chi connectivity index (χ1n) is 16.3. The van der Waals surface area contributed by atoms with Gasteiger partial charge in [-0.3, -0.25) is 0 Å². The summed E-state index contributed by atoms with van der Waals surface area (Å²) in [6, 6.07) is 0. The molecule has 1 unspecified atom stereocenters. The molecule has 45 heavy (non-hydrogen) atoms. The average molecular weight is 643 g/mol. The second-order valence-electron chi connectivity index (χ2n) is 14.1. The van der Waals surface area contributed by atoms with Crippen LogP contribution in [0.2, 0.25) is 18.1 Å². The fourth-order valence-corrected chi connectivity index (χ4v) is 6.59. The predicted octanol–water partition coefficient (Wildman–Crippen LogP) is 7.54. The number of carboxylic acid groups (broad SMARTS) is 1. The number of hydrogen-bond acceptors (Lipinski definition) is 6. The molecular formula is C37H58O7Si. The van der Waals surface area contributed by atoms with E-state index in [0.717, 1.165) is 31.3 Å². The molecule has 0 radical (unpaired) electrons. The Hall–Kier alpha value is -2.25. The molecule has 2 heterocycles. The van der Waals surface area contributed by atoms with Gasteiger partial charge in [-0.2, -0.15) is 0 Å². The molecule has 0 amide bonds. The van der Waals surface area contributed by atoms with E-state index in [2.05, 4.69) is 84.4 Å². The fraction of sp³-hybridized carbons (Fsp3) is 0.649. The average Bonchev–Trinajstić information content (AvgIpc) is 2.92. The van der Waals surface area contributed by atoms with Gasteiger partial charge in [-0.25, -0.2) is 4.79 Å². The molecular weight excluding hydrogens is 584 g/mol. The van der Waals surface area contributed by atoms with Crippen molar-refractivity contribution in [2.45, 2.75) is 134 Å². The van der Waals surface area contributed by atoms with E-state index < -0.39 is 26.5 Å². The Balaban J connectivity index is 1.98. The molecule has 2 N–H and O–H groups in total. The van der Waals surface area contributed by atoms with E-state index in [-0.39, 0.29) is 29.5 Å². The first-order chi connectivity index (χ1) is 21.1. The minimum Gasteiger partial charge on any atom is -0.472 e. The van der Waals surface area contributed by atoms with Gasteiger partial charge in [0.25, 0.3) is 0 Å². The molecule has 252 valence electrons. The number of ether oxygens (including phenoxy) is 3. The summed E-state index contributed by atoms with van der Waals surface area (Å²) in [5, 5.41) is 19.8. The van der Waals surface area contributed by atoms with E-state index in [9.17, 15) is 9.90 Å². The number of aliphatic carboxylic acids is 1. The zero-order valence-corrected chi connectivity index (χ0v) is 29.9. The summed E-state index contributed by atoms with van der Waals surface area (Å²) in [4.78, 5) is 10.7. The van der Waals surface area contributed by atoms with E-state index >= 15 is 0 Å². The standard InChI is InChI=1S/C37H58O7Si/c1-27-21-22-42-31(24-27)19-20-35(41-7)34(38)17-11-16-33(44-45(8,9)37(4,5)6)26-29(3)23-28(2)25-32-15-10-13-30(43-32)14-12-18-36(39)40/h10-11,13,16,19-21,28,30-35,38H,3,14-15,17,22-26H2,1-2,4-9H3,(H,39,40)/b16-11+,20-19+/t28-,30-,31+,32-,33?,34-,35-/m0/s1. The van der Waals surface area contributed by atoms with Gasteiger partial charge in [-0.15, -0.1) is 0 Å². The van der Waals surface area contributed by atoms with Gasteiger partial charge in [0.15, 0.2) is 8.32 Å². The van der Waals surface area contributed by atoms with Gasteiger partial charge in [0.2, 0.25) is 0 Å². The molecule has 8 heteroatoms. The third-order valence-corrected chi connectivity index (χ3v) is 13.3. The van der Waals surface area contributed by atoms with Crippen LogP contribution in [0.25, 0.3) is 0 Å². The molecule has 0 aromatic heterocycles. The van der Waals surface area contributed by atoms with Crippen LogP contribution in [0.1, 0.15) is 79.6 Å². The maximum atomic E-state index is 10.9. The van der Waals surface area contributed by atoms with E-state index in [1.807, 2.05) is 24.3 Å². The normalized spacial score (nSPS) is 23.7. The summed E-state index contributed by atoms with van der Waals surface area (Å²) < 4.78 is 24.4. The molecule has 2 rings (SSSR count). The Kier molecular flexibility index (Phi) is 16.2. The molecule has 0 fully saturated rings. The number of hydrogen-bond donors (Lipinski definition) is 2. The zero-order chi connectivity index (χ0) is 33.6. The lowest BCUT2D eigenvalue weighted by Gasteiger charge is -2.39. The molecule has 2 aliphatic heterocycles. The molecule has 0 spiro atoms. The number of aliphatic hydroxyl groups excluding tert-OH is 1. The number of carboxylic acids is 1. The van der Waals surface area contributed by atoms with Crippen LogP contribution in [0, 0.1) is 17.8 Å². The van der Waals surface area contributed by atoms with Crippen molar-refractivity contribution in [2.24, 2.45) is 5.92 Å². The lowest BCUT2D eigenvalue weighted by molar-refractivity contribution is -0.130. The minimum absolute atomic E-state index is 0.00635. The third-order valence-electron chi connectivity index (χ3n) is 8.82. The van der Waals surface area contributed by atoms with E-state index in [1.165, 1.54) is 5.57 Å². The van der Waals surface area contributed by atoms with Crippen molar-refractivity contribution in [2.75, 3.05) is 13.7 Å². The number of carbonyl (C=O) groups is 1. The maximum Gasteiger partial charge on any atom is 0.381 e. The number of aliphatic hydroxyl groups is 1. The van der Waals surface area contributed by atoms with Gasteiger partial charge in [0, 0.05) is 19.5 Å². The van der Waals surface area contributed by atoms with Crippen LogP contribution >= 0.6 is 0 Å². The number of rotatable bonds is 16. The van der Waals surface area contributed by atoms with Gasteiger partial charge in [0.1, 0.15) is 6.10 Å². The molecule has 7 nitrogen and oxygen atoms in total. The summed E-state index contributed by atoms with van der Waals surface area (Å²) in [7, 11) is -0.447. The van der Waals surface area contributed by atoms with Gasteiger partial charge >= 0.3 is 5.97 Å². The Morgan fingerprint density at radius 2 is 2.00 bits per heavy atom. The lowest BCUT2D eigenvalue weighted by Crippen LogP contribution is -2.43. The van der Waals surface area contributed by atoms with Crippen LogP contribution in [0.3, 0.4) is 0 Å². The first kappa shape index (κ1) is 38.9. The molecule has 7 atom stereocenters. The largest absolute Gasteiger partial charge is 0.472 e. The van der Waals surface area contributed by atoms with Crippen LogP contribution in [-0.2, 0) is 23.4 Å². The zero-order valence-electron chi connectivity index (χ0n) is 28.9. The summed E-state index contributed by atoms with van der Waals surface area (Å²) >= 11 is 0. The minimum atomic E-state index is -2.06. The lowest BCUT2D eigenvalue weighted by atomic mass is 9.91. The number of methoxy groups -OCH3 is 1. The highest BCUT2D eigenvalue weighted by atomic mass is 28.4. The molecule has 0 saturated heterocycles. The molecule has 0 aliphatic carbocycles. The van der Waals surface area contributed by atoms with Crippen molar-refractivity contribution in [1.82, 2.24) is 0 Å². The predicted molar refractivity (Wildman–Crippen MR) is 184 cm³/mol. The topological polar surface area (TPSA) is 94.5 Å². The highest BCUT2D eigenvalue weighted by molar-refractivity contribution is 6.74. The highest BCUT2D eigenvalue weighted by Gasteiger charge is 2.39. The van der Waals surface area contributed by atoms with Gasteiger partial charge in [-0.05, 0) is 69.5 Å². The van der Waals surface area contributed by atoms with Crippen molar-refractivity contribution in [3.8, 4) is 11.8 Å². The fourth-order valence-electron chi connectivity index (χ4n) is 5.32. The van der Waals surface area contributed by atoms with Gasteiger partial charge in [0.05, 0.1) is 37.1 Å². The van der Waals surface area contributed by atoms with Crippen molar-refractivity contribution in [3.05, 3.63) is 60.3 Å². The van der Waals surface area contributed by atoms with E-state index in [0.29, 0.717) is 31.8 Å². The van der Waals surface area contributed by atoms with Gasteiger partial charge in [-0.1, -0.05) is 93.9 Å². The van der Waals surface area contributed by atoms with Gasteiger partial charge < -0.3 is 28.8 Å². The third kappa shape index (κ3) is 14.8. The molecule has 2 aliphatic rings. The van der Waals surface area contributed by atoms with Crippen LogP contribution in [0.5, 0.6) is 0 Å². The van der Waals surface area contributed by atoms with Crippen molar-refractivity contribution in [3.63, 3.8) is 0 Å². The summed E-state index contributed by atoms with van der Waals surface area (Å²) in [5.74, 6) is 4.08. The summed E-state index contributed by atoms with van der Waals surface area (Å²) in [6.45, 7) is 20.6. The van der Waals surface area contributed by atoms with Crippen molar-refractivity contribution in [1.29, 1.82) is 0 Å². The molecule has 0 aromatic carbocycles. The Bertz CT molecular complexity index is 1130. The second-order valence-corrected chi connectivity index (χ2v) is 18.9. The molecule has 0 saturated carbocycles. The van der Waals surface area contributed by atoms with Crippen LogP contribution in [0.15, 0.2) is 60.3 Å². The van der Waals surface area contributed by atoms with Crippen LogP contribution in [-0.4, -0.2) is 74.8 Å². The molecule has 0 bridgehead atoms. The van der Waals surface area contributed by atoms with E-state index in [1.54, 1.807) is 7.11 Å². The van der Waals surface area contributed by atoms with E-state index in [4.69, 9.17) is 23.7 Å². The second kappa shape index (κ2) is 18.8. The van der Waals surface area contributed by atoms with Crippen molar-refractivity contribution >= 4 is 14.3 Å². The van der Waals surface area contributed by atoms with Crippen molar-refractivity contribution < 1.29 is 33.6 Å².